The molecule has 6 heteroatoms. The van der Waals surface area contributed by atoms with Gasteiger partial charge in [-0.25, -0.2) is 4.79 Å². The van der Waals surface area contributed by atoms with Crippen LogP contribution in [-0.2, 0) is 4.79 Å². The van der Waals surface area contributed by atoms with Gasteiger partial charge in [0.15, 0.2) is 0 Å². The van der Waals surface area contributed by atoms with E-state index in [-0.39, 0.29) is 12.5 Å². The molecule has 0 saturated heterocycles. The highest BCUT2D eigenvalue weighted by Crippen LogP contribution is 2.13. The van der Waals surface area contributed by atoms with Crippen LogP contribution in [0.15, 0.2) is 24.5 Å². The number of anilines is 1. The van der Waals surface area contributed by atoms with Crippen LogP contribution in [0.1, 0.15) is 20.3 Å². The second-order valence-electron chi connectivity index (χ2n) is 4.65. The van der Waals surface area contributed by atoms with Gasteiger partial charge < -0.3 is 10.4 Å². The van der Waals surface area contributed by atoms with Crippen molar-refractivity contribution in [2.75, 3.05) is 11.9 Å². The number of hydrogen-bond donors (Lipinski definition) is 2. The third kappa shape index (κ3) is 4.04. The Morgan fingerprint density at radius 3 is 2.67 bits per heavy atom. The Kier molecular flexibility index (Phi) is 4.25. The largest absolute Gasteiger partial charge is 0.481 e. The fourth-order valence-electron chi connectivity index (χ4n) is 1.46. The summed E-state index contributed by atoms with van der Waals surface area (Å²) in [6, 6.07) is 3.10. The van der Waals surface area contributed by atoms with Crippen molar-refractivity contribution in [2.45, 2.75) is 25.8 Å². The fourth-order valence-corrected chi connectivity index (χ4v) is 1.46. The lowest BCUT2D eigenvalue weighted by Gasteiger charge is -2.27. The van der Waals surface area contributed by atoms with Crippen LogP contribution >= 0.6 is 0 Å². The van der Waals surface area contributed by atoms with Crippen molar-refractivity contribution in [1.82, 2.24) is 10.3 Å². The molecule has 1 rings (SSSR count). The zero-order valence-electron chi connectivity index (χ0n) is 10.7. The normalized spacial score (nSPS) is 10.8. The van der Waals surface area contributed by atoms with Crippen LogP contribution in [0.3, 0.4) is 0 Å². The van der Waals surface area contributed by atoms with Crippen LogP contribution in [-0.4, -0.2) is 34.7 Å². The first-order valence-corrected chi connectivity index (χ1v) is 5.49. The number of hydrogen-bond acceptors (Lipinski definition) is 3. The maximum absolute atomic E-state index is 11.9. The average molecular weight is 251 g/mol. The van der Waals surface area contributed by atoms with E-state index in [4.69, 9.17) is 5.11 Å². The number of carboxylic acids is 1. The lowest BCUT2D eigenvalue weighted by Crippen LogP contribution is -2.50. The van der Waals surface area contributed by atoms with Gasteiger partial charge in [-0.05, 0) is 26.0 Å². The Bertz CT molecular complexity index is 431. The van der Waals surface area contributed by atoms with Gasteiger partial charge in [-0.3, -0.25) is 14.7 Å². The number of aromatic nitrogens is 1. The molecule has 1 heterocycles. The highest BCUT2D eigenvalue weighted by molar-refractivity contribution is 5.91. The number of nitrogens with zero attached hydrogens (tertiary/aromatic N) is 2. The molecular weight excluding hydrogens is 234 g/mol. The number of nitrogens with one attached hydrogen (secondary N) is 1. The van der Waals surface area contributed by atoms with Crippen molar-refractivity contribution < 1.29 is 14.7 Å². The van der Waals surface area contributed by atoms with Gasteiger partial charge in [0.05, 0.1) is 18.3 Å². The Morgan fingerprint density at radius 2 is 2.17 bits per heavy atom. The van der Waals surface area contributed by atoms with E-state index in [0.29, 0.717) is 5.69 Å². The smallest absolute Gasteiger partial charge is 0.322 e. The summed E-state index contributed by atoms with van der Waals surface area (Å²) in [5.74, 6) is -0.954. The number of amides is 2. The summed E-state index contributed by atoms with van der Waals surface area (Å²) in [7, 11) is 1.60. The number of aliphatic carboxylic acids is 1. The summed E-state index contributed by atoms with van der Waals surface area (Å²) in [5.41, 5.74) is -0.166. The zero-order chi connectivity index (χ0) is 13.8. The second-order valence-corrected chi connectivity index (χ2v) is 4.65. The lowest BCUT2D eigenvalue weighted by atomic mass is 10.0. The highest BCUT2D eigenvalue weighted by Gasteiger charge is 2.25. The minimum Gasteiger partial charge on any atom is -0.481 e. The van der Waals surface area contributed by atoms with Gasteiger partial charge in [0, 0.05) is 18.8 Å². The van der Waals surface area contributed by atoms with Crippen molar-refractivity contribution in [3.05, 3.63) is 24.5 Å². The van der Waals surface area contributed by atoms with E-state index >= 15 is 0 Å². The van der Waals surface area contributed by atoms with Crippen molar-refractivity contribution >= 4 is 17.7 Å². The number of carbonyl (C=O) groups is 2. The van der Waals surface area contributed by atoms with Crippen molar-refractivity contribution in [3.63, 3.8) is 0 Å². The zero-order valence-corrected chi connectivity index (χ0v) is 10.7. The third-order valence-corrected chi connectivity index (χ3v) is 2.38. The van der Waals surface area contributed by atoms with Gasteiger partial charge in [-0.2, -0.15) is 0 Å². The predicted molar refractivity (Wildman–Crippen MR) is 67.5 cm³/mol. The molecule has 0 aliphatic heterocycles. The Morgan fingerprint density at radius 1 is 1.50 bits per heavy atom. The van der Waals surface area contributed by atoms with E-state index in [2.05, 4.69) is 10.3 Å². The van der Waals surface area contributed by atoms with E-state index in [1.165, 1.54) is 4.90 Å². The third-order valence-electron chi connectivity index (χ3n) is 2.38. The van der Waals surface area contributed by atoms with Crippen molar-refractivity contribution in [2.24, 2.45) is 0 Å². The predicted octanol–water partition coefficient (Wildman–Crippen LogP) is 1.48. The number of carboxylic acid groups (broad SMARTS) is 1. The molecule has 6 nitrogen and oxygen atoms in total. The quantitative estimate of drug-likeness (QED) is 0.849. The van der Waals surface area contributed by atoms with Crippen LogP contribution in [0.5, 0.6) is 0 Å². The molecule has 1 aromatic rings. The first-order chi connectivity index (χ1) is 8.32. The summed E-state index contributed by atoms with van der Waals surface area (Å²) in [4.78, 5) is 27.9. The summed E-state index contributed by atoms with van der Waals surface area (Å²) < 4.78 is 0. The molecule has 0 saturated carbocycles. The molecule has 0 radical (unpaired) electrons. The maximum atomic E-state index is 11.9. The molecule has 0 atom stereocenters. The minimum absolute atomic E-state index is 0.139. The molecule has 0 fully saturated rings. The summed E-state index contributed by atoms with van der Waals surface area (Å²) in [6.07, 6.45) is 3.03. The van der Waals surface area contributed by atoms with Gasteiger partial charge in [-0.1, -0.05) is 0 Å². The Labute approximate surface area is 106 Å². The molecule has 98 valence electrons. The van der Waals surface area contributed by atoms with Crippen LogP contribution in [0.4, 0.5) is 10.5 Å². The van der Waals surface area contributed by atoms with Gasteiger partial charge >= 0.3 is 12.0 Å². The van der Waals surface area contributed by atoms with Crippen LogP contribution in [0.25, 0.3) is 0 Å². The average Bonchev–Trinajstić information content (AvgIpc) is 2.26. The number of urea groups is 1. The van der Waals surface area contributed by atoms with Gasteiger partial charge in [0.1, 0.15) is 0 Å². The first-order valence-electron chi connectivity index (χ1n) is 5.49. The summed E-state index contributed by atoms with van der Waals surface area (Å²) in [6.45, 7) is 3.33. The Balaban J connectivity index is 2.68. The first kappa shape index (κ1) is 14.0. The molecule has 0 aliphatic rings. The molecule has 0 bridgehead atoms. The van der Waals surface area contributed by atoms with Crippen LogP contribution < -0.4 is 10.2 Å². The van der Waals surface area contributed by atoms with E-state index < -0.39 is 11.5 Å². The standard InChI is InChI=1S/C12H17N3O3/c1-12(2,7-10(16)17)14-11(18)15(3)9-5-4-6-13-8-9/h4-6,8H,7H2,1-3H3,(H,14,18)(H,16,17). The summed E-state index contributed by atoms with van der Waals surface area (Å²) >= 11 is 0. The fraction of sp³-hybridized carbons (Fsp3) is 0.417. The molecule has 0 spiro atoms. The lowest BCUT2D eigenvalue weighted by molar-refractivity contribution is -0.138. The number of pyridine rings is 1. The monoisotopic (exact) mass is 251 g/mol. The molecule has 0 aliphatic carbocycles. The molecule has 1 aromatic heterocycles. The van der Waals surface area contributed by atoms with Crippen LogP contribution in [0, 0.1) is 0 Å². The molecule has 0 aromatic carbocycles. The highest BCUT2D eigenvalue weighted by atomic mass is 16.4. The van der Waals surface area contributed by atoms with Gasteiger partial charge in [0.2, 0.25) is 0 Å². The van der Waals surface area contributed by atoms with E-state index in [1.54, 1.807) is 45.4 Å². The topological polar surface area (TPSA) is 82.5 Å². The van der Waals surface area contributed by atoms with E-state index in [9.17, 15) is 9.59 Å². The molecule has 2 N–H and O–H groups in total. The summed E-state index contributed by atoms with van der Waals surface area (Å²) in [5, 5.41) is 11.4. The van der Waals surface area contributed by atoms with Crippen molar-refractivity contribution in [3.8, 4) is 0 Å². The molecule has 0 unspecified atom stereocenters. The molecule has 2 amide bonds. The van der Waals surface area contributed by atoms with Gasteiger partial charge in [0.25, 0.3) is 0 Å². The van der Waals surface area contributed by atoms with E-state index in [0.717, 1.165) is 0 Å². The second kappa shape index (κ2) is 5.48. The van der Waals surface area contributed by atoms with Crippen molar-refractivity contribution in [1.29, 1.82) is 0 Å². The molecular formula is C12H17N3O3. The SMILES string of the molecule is CN(C(=O)NC(C)(C)CC(=O)O)c1cccnc1. The molecule has 18 heavy (non-hydrogen) atoms. The van der Waals surface area contributed by atoms with Gasteiger partial charge in [-0.15, -0.1) is 0 Å². The number of carbonyl (C=O) groups excluding carboxylic acids is 1. The van der Waals surface area contributed by atoms with Crippen LogP contribution in [0.2, 0.25) is 0 Å². The number of rotatable bonds is 4. The Hall–Kier alpha value is -2.11. The van der Waals surface area contributed by atoms with E-state index in [1.807, 2.05) is 0 Å². The maximum Gasteiger partial charge on any atom is 0.322 e. The minimum atomic E-state index is -0.954.